The van der Waals surface area contributed by atoms with E-state index in [0.717, 1.165) is 44.8 Å². The van der Waals surface area contributed by atoms with Gasteiger partial charge in [0.05, 0.1) is 12.2 Å². The zero-order valence-corrected chi connectivity index (χ0v) is 13.4. The minimum absolute atomic E-state index is 0.113. The van der Waals surface area contributed by atoms with Crippen LogP contribution in [0.4, 0.5) is 0 Å². The summed E-state index contributed by atoms with van der Waals surface area (Å²) in [5.41, 5.74) is 0.712. The first-order valence-electron chi connectivity index (χ1n) is 8.53. The Morgan fingerprint density at radius 1 is 1.32 bits per heavy atom. The zero-order valence-electron chi connectivity index (χ0n) is 13.4. The van der Waals surface area contributed by atoms with E-state index in [0.29, 0.717) is 17.5 Å². The van der Waals surface area contributed by atoms with Gasteiger partial charge in [-0.05, 0) is 50.3 Å². The number of nitrogens with one attached hydrogen (secondary N) is 1. The van der Waals surface area contributed by atoms with Crippen LogP contribution in [0.15, 0.2) is 24.3 Å². The van der Waals surface area contributed by atoms with Crippen LogP contribution in [0.3, 0.4) is 0 Å². The molecule has 1 aliphatic heterocycles. The van der Waals surface area contributed by atoms with Crippen molar-refractivity contribution in [1.29, 1.82) is 0 Å². The third kappa shape index (κ3) is 3.61. The molecule has 0 spiro atoms. The summed E-state index contributed by atoms with van der Waals surface area (Å²) in [6.45, 7) is 5.57. The molecular weight excluding hydrogens is 276 g/mol. The molecule has 1 heterocycles. The highest BCUT2D eigenvalue weighted by molar-refractivity contribution is 5.97. The predicted molar refractivity (Wildman–Crippen MR) is 87.3 cm³/mol. The highest BCUT2D eigenvalue weighted by Gasteiger charge is 2.29. The number of ether oxygens (including phenoxy) is 1. The Bertz CT molecular complexity index is 508. The van der Waals surface area contributed by atoms with Crippen LogP contribution in [0, 0.1) is 5.92 Å². The van der Waals surface area contributed by atoms with Gasteiger partial charge in [0.2, 0.25) is 0 Å². The fourth-order valence-corrected chi connectivity index (χ4v) is 3.01. The van der Waals surface area contributed by atoms with Gasteiger partial charge in [-0.1, -0.05) is 19.1 Å². The predicted octanol–water partition coefficient (Wildman–Crippen LogP) is 2.69. The monoisotopic (exact) mass is 302 g/mol. The maximum absolute atomic E-state index is 13.0. The smallest absolute Gasteiger partial charge is 0.257 e. The molecule has 1 aromatic carbocycles. The van der Waals surface area contributed by atoms with Gasteiger partial charge in [-0.2, -0.15) is 0 Å². The summed E-state index contributed by atoms with van der Waals surface area (Å²) < 4.78 is 5.91. The third-order valence-electron chi connectivity index (χ3n) is 4.49. The second-order valence-electron chi connectivity index (χ2n) is 6.40. The average molecular weight is 302 g/mol. The molecule has 1 atom stereocenters. The van der Waals surface area contributed by atoms with Crippen LogP contribution < -0.4 is 10.1 Å². The largest absolute Gasteiger partial charge is 0.492 e. The van der Waals surface area contributed by atoms with Crippen LogP contribution in [0.2, 0.25) is 0 Å². The van der Waals surface area contributed by atoms with Crippen LogP contribution in [-0.4, -0.2) is 43.1 Å². The molecule has 1 aliphatic carbocycles. The first kappa shape index (κ1) is 15.3. The van der Waals surface area contributed by atoms with E-state index in [1.54, 1.807) is 0 Å². The minimum Gasteiger partial charge on any atom is -0.492 e. The summed E-state index contributed by atoms with van der Waals surface area (Å²) in [5, 5.41) is 3.36. The second-order valence-corrected chi connectivity index (χ2v) is 6.40. The molecule has 0 radical (unpaired) electrons. The zero-order chi connectivity index (χ0) is 15.4. The number of hydrogen-bond donors (Lipinski definition) is 1. The van der Waals surface area contributed by atoms with E-state index in [1.807, 2.05) is 29.2 Å². The summed E-state index contributed by atoms with van der Waals surface area (Å²) in [6.07, 6.45) is 4.53. The summed E-state index contributed by atoms with van der Waals surface area (Å²) in [5.74, 6) is 1.54. The van der Waals surface area contributed by atoms with Crippen molar-refractivity contribution in [3.05, 3.63) is 29.8 Å². The van der Waals surface area contributed by atoms with Gasteiger partial charge < -0.3 is 15.0 Å². The van der Waals surface area contributed by atoms with E-state index in [1.165, 1.54) is 12.8 Å². The highest BCUT2D eigenvalue weighted by Crippen LogP contribution is 2.30. The number of hydrogen-bond acceptors (Lipinski definition) is 3. The van der Waals surface area contributed by atoms with Gasteiger partial charge >= 0.3 is 0 Å². The number of para-hydroxylation sites is 1. The molecule has 22 heavy (non-hydrogen) atoms. The molecule has 1 aromatic rings. The normalized spacial score (nSPS) is 20.9. The maximum Gasteiger partial charge on any atom is 0.257 e. The average Bonchev–Trinajstić information content (AvgIpc) is 3.22. The van der Waals surface area contributed by atoms with Gasteiger partial charge in [-0.25, -0.2) is 0 Å². The molecule has 2 fully saturated rings. The molecule has 1 saturated carbocycles. The van der Waals surface area contributed by atoms with Crippen molar-refractivity contribution in [2.24, 2.45) is 5.92 Å². The maximum atomic E-state index is 13.0. The molecule has 0 aromatic heterocycles. The van der Waals surface area contributed by atoms with E-state index in [-0.39, 0.29) is 5.91 Å². The van der Waals surface area contributed by atoms with Crippen molar-refractivity contribution in [2.45, 2.75) is 38.6 Å². The summed E-state index contributed by atoms with van der Waals surface area (Å²) >= 11 is 0. The lowest BCUT2D eigenvalue weighted by molar-refractivity contribution is 0.0687. The molecule has 3 rings (SSSR count). The lowest BCUT2D eigenvalue weighted by Crippen LogP contribution is -2.42. The Morgan fingerprint density at radius 2 is 2.14 bits per heavy atom. The van der Waals surface area contributed by atoms with Gasteiger partial charge in [0.1, 0.15) is 5.75 Å². The first-order chi connectivity index (χ1) is 10.8. The molecule has 1 unspecified atom stereocenters. The summed E-state index contributed by atoms with van der Waals surface area (Å²) in [7, 11) is 0. The second kappa shape index (κ2) is 7.14. The minimum atomic E-state index is 0.113. The Balaban J connectivity index is 1.75. The SMILES string of the molecule is CCCN(C(=O)c1ccccc1OCC1CC1)C1CCNC1. The summed E-state index contributed by atoms with van der Waals surface area (Å²) in [4.78, 5) is 15.0. The molecule has 120 valence electrons. The highest BCUT2D eigenvalue weighted by atomic mass is 16.5. The first-order valence-corrected chi connectivity index (χ1v) is 8.53. The fourth-order valence-electron chi connectivity index (χ4n) is 3.01. The van der Waals surface area contributed by atoms with E-state index in [9.17, 15) is 4.79 Å². The molecule has 1 amide bonds. The topological polar surface area (TPSA) is 41.6 Å². The number of carbonyl (C=O) groups excluding carboxylic acids is 1. The van der Waals surface area contributed by atoms with Crippen molar-refractivity contribution in [3.63, 3.8) is 0 Å². The number of benzene rings is 1. The summed E-state index contributed by atoms with van der Waals surface area (Å²) in [6, 6.07) is 8.00. The van der Waals surface area contributed by atoms with Crippen molar-refractivity contribution < 1.29 is 9.53 Å². The van der Waals surface area contributed by atoms with E-state index in [4.69, 9.17) is 4.74 Å². The fraction of sp³-hybridized carbons (Fsp3) is 0.611. The standard InChI is InChI=1S/C18H26N2O2/c1-2-11-20(15-9-10-19-12-15)18(21)16-5-3-4-6-17(16)22-13-14-7-8-14/h3-6,14-15,19H,2,7-13H2,1H3. The van der Waals surface area contributed by atoms with Crippen molar-refractivity contribution in [2.75, 3.05) is 26.2 Å². The van der Waals surface area contributed by atoms with Crippen LogP contribution in [0.5, 0.6) is 5.75 Å². The molecule has 4 heteroatoms. The molecule has 1 N–H and O–H groups in total. The van der Waals surface area contributed by atoms with Crippen molar-refractivity contribution in [3.8, 4) is 5.75 Å². The molecule has 2 aliphatic rings. The number of nitrogens with zero attached hydrogens (tertiary/aromatic N) is 1. The van der Waals surface area contributed by atoms with Crippen molar-refractivity contribution in [1.82, 2.24) is 10.2 Å². The Labute approximate surface area is 132 Å². The van der Waals surface area contributed by atoms with Gasteiger partial charge in [-0.3, -0.25) is 4.79 Å². The molecule has 1 saturated heterocycles. The number of amides is 1. The van der Waals surface area contributed by atoms with Crippen LogP contribution in [0.1, 0.15) is 43.0 Å². The molecule has 4 nitrogen and oxygen atoms in total. The molecule has 0 bridgehead atoms. The van der Waals surface area contributed by atoms with Crippen LogP contribution in [0.25, 0.3) is 0 Å². The Morgan fingerprint density at radius 3 is 2.82 bits per heavy atom. The van der Waals surface area contributed by atoms with Gasteiger partial charge in [0, 0.05) is 19.1 Å². The number of rotatable bonds is 7. The lowest BCUT2D eigenvalue weighted by Gasteiger charge is -2.29. The Hall–Kier alpha value is -1.55. The van der Waals surface area contributed by atoms with E-state index in [2.05, 4.69) is 12.2 Å². The molecular formula is C18H26N2O2. The third-order valence-corrected chi connectivity index (χ3v) is 4.49. The van der Waals surface area contributed by atoms with Gasteiger partial charge in [0.15, 0.2) is 0 Å². The van der Waals surface area contributed by atoms with Crippen LogP contribution in [-0.2, 0) is 0 Å². The lowest BCUT2D eigenvalue weighted by atomic mass is 10.1. The van der Waals surface area contributed by atoms with Crippen LogP contribution >= 0.6 is 0 Å². The van der Waals surface area contributed by atoms with Crippen molar-refractivity contribution >= 4 is 5.91 Å². The number of carbonyl (C=O) groups is 1. The van der Waals surface area contributed by atoms with E-state index < -0.39 is 0 Å². The Kier molecular flexibility index (Phi) is 4.98. The van der Waals surface area contributed by atoms with Gasteiger partial charge in [0.25, 0.3) is 5.91 Å². The quantitative estimate of drug-likeness (QED) is 0.842. The van der Waals surface area contributed by atoms with Gasteiger partial charge in [-0.15, -0.1) is 0 Å². The van der Waals surface area contributed by atoms with E-state index >= 15 is 0 Å².